The maximum absolute atomic E-state index is 2.50. The van der Waals surface area contributed by atoms with E-state index in [4.69, 9.17) is 0 Å². The second-order valence-electron chi connectivity index (χ2n) is 3.68. The summed E-state index contributed by atoms with van der Waals surface area (Å²) in [6.45, 7) is 4.70. The fraction of sp³-hybridized carbons (Fsp3) is 1.00. The van der Waals surface area contributed by atoms with Crippen molar-refractivity contribution >= 4 is 18.4 Å². The molecule has 1 heteroatoms. The van der Waals surface area contributed by atoms with Crippen molar-refractivity contribution in [3.63, 3.8) is 0 Å². The zero-order valence-electron chi connectivity index (χ0n) is 6.78. The Morgan fingerprint density at radius 1 is 1.25 bits per heavy atom. The SMILES string of the molecule is CC[CH](C)[Sn]([CH3])([CH3])[CH3]. The molecule has 0 aromatic carbocycles. The van der Waals surface area contributed by atoms with Gasteiger partial charge >= 0.3 is 57.4 Å². The molecule has 0 aromatic rings. The quantitative estimate of drug-likeness (QED) is 0.628. The molecule has 8 heavy (non-hydrogen) atoms. The van der Waals surface area contributed by atoms with Crippen LogP contribution in [0.5, 0.6) is 0 Å². The van der Waals surface area contributed by atoms with E-state index in [-0.39, 0.29) is 0 Å². The molecule has 0 fully saturated rings. The van der Waals surface area contributed by atoms with Gasteiger partial charge in [0.2, 0.25) is 0 Å². The van der Waals surface area contributed by atoms with Crippen molar-refractivity contribution < 1.29 is 0 Å². The van der Waals surface area contributed by atoms with Crippen LogP contribution in [0.3, 0.4) is 0 Å². The zero-order valence-corrected chi connectivity index (χ0v) is 9.64. The summed E-state index contributed by atoms with van der Waals surface area (Å²) in [5.41, 5.74) is 0. The molecule has 0 bridgehead atoms. The monoisotopic (exact) mass is 222 g/mol. The van der Waals surface area contributed by atoms with Crippen LogP contribution < -0.4 is 0 Å². The average Bonchev–Trinajstić information content (AvgIpc) is 1.62. The van der Waals surface area contributed by atoms with Gasteiger partial charge < -0.3 is 0 Å². The van der Waals surface area contributed by atoms with Crippen molar-refractivity contribution in [3.05, 3.63) is 0 Å². The van der Waals surface area contributed by atoms with Crippen LogP contribution in [0.25, 0.3) is 0 Å². The Labute approximate surface area is 57.5 Å². The molecular weight excluding hydrogens is 203 g/mol. The van der Waals surface area contributed by atoms with E-state index in [1.165, 1.54) is 6.42 Å². The number of hydrogen-bond acceptors (Lipinski definition) is 0. The molecule has 50 valence electrons. The molecule has 0 aliphatic carbocycles. The van der Waals surface area contributed by atoms with Crippen molar-refractivity contribution in [1.82, 2.24) is 0 Å². The van der Waals surface area contributed by atoms with Crippen LogP contribution in [0.1, 0.15) is 20.3 Å². The van der Waals surface area contributed by atoms with Gasteiger partial charge in [-0.2, -0.15) is 0 Å². The fourth-order valence-electron chi connectivity index (χ4n) is 0.612. The molecule has 1 unspecified atom stereocenters. The minimum absolute atomic E-state index is 1.06. The van der Waals surface area contributed by atoms with E-state index >= 15 is 0 Å². The van der Waals surface area contributed by atoms with Gasteiger partial charge in [-0.15, -0.1) is 0 Å². The summed E-state index contributed by atoms with van der Waals surface area (Å²) in [7, 11) is 0. The van der Waals surface area contributed by atoms with Gasteiger partial charge in [0.05, 0.1) is 0 Å². The molecule has 0 heterocycles. The molecule has 0 N–H and O–H groups in total. The van der Waals surface area contributed by atoms with Crippen molar-refractivity contribution in [2.45, 2.75) is 39.0 Å². The number of hydrogen-bond donors (Lipinski definition) is 0. The second-order valence-corrected chi connectivity index (χ2v) is 20.0. The van der Waals surface area contributed by atoms with E-state index in [1.54, 1.807) is 0 Å². The molecular formula is C7H18Sn. The topological polar surface area (TPSA) is 0 Å². The molecule has 0 amide bonds. The van der Waals surface area contributed by atoms with E-state index < -0.39 is 18.4 Å². The minimum atomic E-state index is -1.41. The first-order valence-corrected chi connectivity index (χ1v) is 13.7. The van der Waals surface area contributed by atoms with Crippen LogP contribution in [0.15, 0.2) is 0 Å². The van der Waals surface area contributed by atoms with Gasteiger partial charge in [-0.1, -0.05) is 0 Å². The predicted molar refractivity (Wildman–Crippen MR) is 43.1 cm³/mol. The van der Waals surface area contributed by atoms with Gasteiger partial charge in [0, 0.05) is 0 Å². The van der Waals surface area contributed by atoms with Gasteiger partial charge in [-0.3, -0.25) is 0 Å². The summed E-state index contributed by atoms with van der Waals surface area (Å²) in [5.74, 6) is 0. The van der Waals surface area contributed by atoms with Gasteiger partial charge in [-0.25, -0.2) is 0 Å². The Bertz CT molecular complexity index is 61.3. The molecule has 0 nitrogen and oxygen atoms in total. The van der Waals surface area contributed by atoms with Crippen LogP contribution in [0.2, 0.25) is 18.8 Å². The summed E-state index contributed by atoms with van der Waals surface area (Å²) in [6.07, 6.45) is 1.39. The van der Waals surface area contributed by atoms with Crippen LogP contribution in [-0.4, -0.2) is 18.4 Å². The Balaban J connectivity index is 3.62. The van der Waals surface area contributed by atoms with Crippen LogP contribution >= 0.6 is 0 Å². The third-order valence-corrected chi connectivity index (χ3v) is 11.7. The standard InChI is InChI=1S/C4H9.3CH3.Sn/c1-3-4-2;;;;/h3H,4H2,1-2H3;3*1H3;. The van der Waals surface area contributed by atoms with Gasteiger partial charge in [-0.05, 0) is 0 Å². The van der Waals surface area contributed by atoms with E-state index in [1.807, 2.05) is 0 Å². The van der Waals surface area contributed by atoms with Gasteiger partial charge in [0.15, 0.2) is 0 Å². The molecule has 0 saturated carbocycles. The zero-order chi connectivity index (χ0) is 6.78. The van der Waals surface area contributed by atoms with Crippen LogP contribution in [-0.2, 0) is 0 Å². The van der Waals surface area contributed by atoms with Gasteiger partial charge in [0.25, 0.3) is 0 Å². The normalized spacial score (nSPS) is 16.1. The average molecular weight is 221 g/mol. The molecule has 0 rings (SSSR count). The van der Waals surface area contributed by atoms with E-state index in [0.29, 0.717) is 0 Å². The summed E-state index contributed by atoms with van der Waals surface area (Å²) < 4.78 is 1.06. The Morgan fingerprint density at radius 3 is 1.62 bits per heavy atom. The van der Waals surface area contributed by atoms with Crippen molar-refractivity contribution in [2.75, 3.05) is 0 Å². The molecule has 0 saturated heterocycles. The number of rotatable bonds is 2. The van der Waals surface area contributed by atoms with Crippen molar-refractivity contribution in [1.29, 1.82) is 0 Å². The van der Waals surface area contributed by atoms with E-state index in [2.05, 4.69) is 28.7 Å². The van der Waals surface area contributed by atoms with Crippen LogP contribution in [0.4, 0.5) is 0 Å². The predicted octanol–water partition coefficient (Wildman–Crippen LogP) is 3.12. The van der Waals surface area contributed by atoms with Crippen LogP contribution in [0, 0.1) is 0 Å². The molecule has 0 aliphatic heterocycles. The molecule has 0 aliphatic rings. The summed E-state index contributed by atoms with van der Waals surface area (Å²) in [4.78, 5) is 7.51. The maximum atomic E-state index is 2.50. The summed E-state index contributed by atoms with van der Waals surface area (Å²) in [5, 5.41) is 0. The third kappa shape index (κ3) is 2.95. The molecule has 1 atom stereocenters. The first kappa shape index (κ1) is 8.80. The molecule has 0 radical (unpaired) electrons. The Hall–Kier alpha value is 0.799. The first-order chi connectivity index (χ1) is 3.48. The molecule has 0 spiro atoms. The van der Waals surface area contributed by atoms with E-state index in [9.17, 15) is 0 Å². The first-order valence-electron chi connectivity index (χ1n) is 3.48. The molecule has 0 aromatic heterocycles. The Kier molecular flexibility index (Phi) is 3.40. The summed E-state index contributed by atoms with van der Waals surface area (Å²) in [6, 6.07) is 0. The van der Waals surface area contributed by atoms with Gasteiger partial charge in [0.1, 0.15) is 0 Å². The summed E-state index contributed by atoms with van der Waals surface area (Å²) >= 11 is -1.41. The van der Waals surface area contributed by atoms with Crippen molar-refractivity contribution in [2.24, 2.45) is 0 Å². The third-order valence-electron chi connectivity index (χ3n) is 2.09. The Morgan fingerprint density at radius 2 is 1.62 bits per heavy atom. The second kappa shape index (κ2) is 3.09. The van der Waals surface area contributed by atoms with Crippen molar-refractivity contribution in [3.8, 4) is 0 Å². The fourth-order valence-corrected chi connectivity index (χ4v) is 4.11. The van der Waals surface area contributed by atoms with E-state index in [0.717, 1.165) is 3.93 Å².